The van der Waals surface area contributed by atoms with Crippen LogP contribution in [-0.4, -0.2) is 47.8 Å². The highest BCUT2D eigenvalue weighted by Crippen LogP contribution is 2.32. The van der Waals surface area contributed by atoms with Crippen LogP contribution >= 0.6 is 0 Å². The van der Waals surface area contributed by atoms with Crippen molar-refractivity contribution in [2.75, 3.05) is 26.7 Å². The Bertz CT molecular complexity index is 299. The van der Waals surface area contributed by atoms with Crippen LogP contribution in [0.5, 0.6) is 0 Å². The monoisotopic (exact) mass is 298 g/mol. The first-order valence-electron chi connectivity index (χ1n) is 8.80. The zero-order valence-electron chi connectivity index (χ0n) is 15.3. The van der Waals surface area contributed by atoms with Crippen LogP contribution in [0.4, 0.5) is 0 Å². The summed E-state index contributed by atoms with van der Waals surface area (Å²) in [7, 11) is 2.17. The van der Waals surface area contributed by atoms with Gasteiger partial charge >= 0.3 is 0 Å². The summed E-state index contributed by atoms with van der Waals surface area (Å²) in [5.74, 6) is 0. The predicted molar refractivity (Wildman–Crippen MR) is 91.7 cm³/mol. The Labute approximate surface area is 132 Å². The lowest BCUT2D eigenvalue weighted by Gasteiger charge is -2.40. The minimum absolute atomic E-state index is 0.164. The van der Waals surface area contributed by atoms with Crippen LogP contribution in [0, 0.1) is 5.41 Å². The first-order valence-corrected chi connectivity index (χ1v) is 8.80. The molecule has 126 valence electrons. The van der Waals surface area contributed by atoms with Crippen molar-refractivity contribution in [3.8, 4) is 0 Å². The van der Waals surface area contributed by atoms with E-state index in [0.29, 0.717) is 5.41 Å². The second-order valence-electron chi connectivity index (χ2n) is 8.41. The van der Waals surface area contributed by atoms with Gasteiger partial charge in [-0.05, 0) is 58.9 Å². The fraction of sp³-hybridized carbons (Fsp3) is 1.00. The fourth-order valence-electron chi connectivity index (χ4n) is 3.55. The Hall–Kier alpha value is -0.120. The van der Waals surface area contributed by atoms with Crippen LogP contribution < -0.4 is 5.32 Å². The Morgan fingerprint density at radius 3 is 2.05 bits per heavy atom. The molecule has 0 aliphatic heterocycles. The van der Waals surface area contributed by atoms with E-state index in [9.17, 15) is 5.11 Å². The molecule has 0 saturated heterocycles. The fourth-order valence-corrected chi connectivity index (χ4v) is 3.55. The third-order valence-electron chi connectivity index (χ3n) is 5.20. The third kappa shape index (κ3) is 6.25. The van der Waals surface area contributed by atoms with Gasteiger partial charge in [0.1, 0.15) is 0 Å². The summed E-state index contributed by atoms with van der Waals surface area (Å²) in [5, 5.41) is 14.3. The normalized spacial score (nSPS) is 19.4. The smallest absolute Gasteiger partial charge is 0.0774 e. The summed E-state index contributed by atoms with van der Waals surface area (Å²) in [6, 6.07) is 0. The minimum atomic E-state index is -0.431. The molecule has 21 heavy (non-hydrogen) atoms. The highest BCUT2D eigenvalue weighted by atomic mass is 16.3. The maximum absolute atomic E-state index is 10.6. The van der Waals surface area contributed by atoms with Crippen molar-refractivity contribution in [2.45, 2.75) is 84.3 Å². The maximum atomic E-state index is 10.6. The van der Waals surface area contributed by atoms with E-state index in [-0.39, 0.29) is 5.54 Å². The molecule has 0 unspecified atom stereocenters. The molecule has 0 heterocycles. The van der Waals surface area contributed by atoms with Crippen molar-refractivity contribution < 1.29 is 5.11 Å². The summed E-state index contributed by atoms with van der Waals surface area (Å²) < 4.78 is 0. The lowest BCUT2D eigenvalue weighted by atomic mass is 9.80. The van der Waals surface area contributed by atoms with Crippen molar-refractivity contribution in [2.24, 2.45) is 5.41 Å². The average molecular weight is 299 g/mol. The van der Waals surface area contributed by atoms with Gasteiger partial charge in [0.2, 0.25) is 0 Å². The minimum Gasteiger partial charge on any atom is -0.389 e. The largest absolute Gasteiger partial charge is 0.389 e. The van der Waals surface area contributed by atoms with Gasteiger partial charge in [0, 0.05) is 25.2 Å². The van der Waals surface area contributed by atoms with Crippen molar-refractivity contribution in [3.63, 3.8) is 0 Å². The molecule has 1 rings (SSSR count). The van der Waals surface area contributed by atoms with E-state index in [4.69, 9.17) is 0 Å². The first-order chi connectivity index (χ1) is 9.64. The molecular formula is C18H38N2O. The molecule has 0 atom stereocenters. The summed E-state index contributed by atoms with van der Waals surface area (Å²) in [5.41, 5.74) is 0.0360. The Morgan fingerprint density at radius 1 is 1.10 bits per heavy atom. The molecule has 1 fully saturated rings. The van der Waals surface area contributed by atoms with Crippen LogP contribution in [0.25, 0.3) is 0 Å². The summed E-state index contributed by atoms with van der Waals surface area (Å²) in [6.45, 7) is 14.2. The SMILES string of the molecule is CCC(CC)(CNC(C)(C)C)CN(C)CC1(O)CCCC1. The van der Waals surface area contributed by atoms with Crippen molar-refractivity contribution in [1.82, 2.24) is 10.2 Å². The van der Waals surface area contributed by atoms with Gasteiger partial charge in [-0.25, -0.2) is 0 Å². The molecule has 3 nitrogen and oxygen atoms in total. The lowest BCUT2D eigenvalue weighted by Crippen LogP contribution is -2.50. The van der Waals surface area contributed by atoms with E-state index in [1.54, 1.807) is 0 Å². The van der Waals surface area contributed by atoms with Crippen molar-refractivity contribution >= 4 is 0 Å². The summed E-state index contributed by atoms with van der Waals surface area (Å²) >= 11 is 0. The van der Waals surface area contributed by atoms with Gasteiger partial charge in [-0.1, -0.05) is 26.7 Å². The molecule has 2 N–H and O–H groups in total. The third-order valence-corrected chi connectivity index (χ3v) is 5.20. The zero-order valence-corrected chi connectivity index (χ0v) is 15.3. The highest BCUT2D eigenvalue weighted by Gasteiger charge is 2.35. The van der Waals surface area contributed by atoms with E-state index >= 15 is 0 Å². The quantitative estimate of drug-likeness (QED) is 0.721. The highest BCUT2D eigenvalue weighted by molar-refractivity contribution is 4.90. The zero-order chi connectivity index (χ0) is 16.1. The summed E-state index contributed by atoms with van der Waals surface area (Å²) in [6.07, 6.45) is 6.67. The number of hydrogen-bond acceptors (Lipinski definition) is 3. The van der Waals surface area contributed by atoms with Crippen molar-refractivity contribution in [3.05, 3.63) is 0 Å². The van der Waals surface area contributed by atoms with E-state index in [0.717, 1.165) is 32.5 Å². The standard InChI is InChI=1S/C18H38N2O/c1-7-17(8-2,13-19-16(3,4)5)14-20(6)15-18(21)11-9-10-12-18/h19,21H,7-15H2,1-6H3. The molecule has 0 aromatic rings. The first kappa shape index (κ1) is 18.9. The Kier molecular flexibility index (Phi) is 6.70. The van der Waals surface area contributed by atoms with Gasteiger partial charge in [-0.3, -0.25) is 0 Å². The van der Waals surface area contributed by atoms with E-state index in [1.807, 2.05) is 0 Å². The van der Waals surface area contributed by atoms with Gasteiger partial charge in [0.05, 0.1) is 5.60 Å². The van der Waals surface area contributed by atoms with Gasteiger partial charge in [-0.15, -0.1) is 0 Å². The molecule has 1 aliphatic rings. The van der Waals surface area contributed by atoms with E-state index in [2.05, 4.69) is 51.9 Å². The molecule has 0 radical (unpaired) electrons. The molecule has 0 bridgehead atoms. The molecule has 0 amide bonds. The van der Waals surface area contributed by atoms with Gasteiger partial charge in [0.15, 0.2) is 0 Å². The van der Waals surface area contributed by atoms with E-state index < -0.39 is 5.60 Å². The molecule has 3 heteroatoms. The topological polar surface area (TPSA) is 35.5 Å². The number of nitrogens with one attached hydrogen (secondary N) is 1. The van der Waals surface area contributed by atoms with Crippen LogP contribution in [-0.2, 0) is 0 Å². The van der Waals surface area contributed by atoms with Crippen LogP contribution in [0.1, 0.15) is 73.1 Å². The lowest BCUT2D eigenvalue weighted by molar-refractivity contribution is 0.00353. The van der Waals surface area contributed by atoms with Crippen LogP contribution in [0.15, 0.2) is 0 Å². The van der Waals surface area contributed by atoms with Crippen LogP contribution in [0.3, 0.4) is 0 Å². The number of rotatable bonds is 8. The number of likely N-dealkylation sites (N-methyl/N-ethyl adjacent to an activating group) is 1. The molecule has 0 aromatic heterocycles. The van der Waals surface area contributed by atoms with Gasteiger partial charge < -0.3 is 15.3 Å². The molecule has 1 aliphatic carbocycles. The van der Waals surface area contributed by atoms with E-state index in [1.165, 1.54) is 25.7 Å². The predicted octanol–water partition coefficient (Wildman–Crippen LogP) is 3.42. The second-order valence-corrected chi connectivity index (χ2v) is 8.41. The number of aliphatic hydroxyl groups is 1. The van der Waals surface area contributed by atoms with Crippen molar-refractivity contribution in [1.29, 1.82) is 0 Å². The molecule has 0 spiro atoms. The Morgan fingerprint density at radius 2 is 1.62 bits per heavy atom. The maximum Gasteiger partial charge on any atom is 0.0774 e. The average Bonchev–Trinajstić information content (AvgIpc) is 2.80. The second kappa shape index (κ2) is 7.43. The number of nitrogens with zero attached hydrogens (tertiary/aromatic N) is 1. The molecule has 0 aromatic carbocycles. The summed E-state index contributed by atoms with van der Waals surface area (Å²) in [4.78, 5) is 2.36. The van der Waals surface area contributed by atoms with Crippen LogP contribution in [0.2, 0.25) is 0 Å². The Balaban J connectivity index is 2.59. The number of hydrogen-bond donors (Lipinski definition) is 2. The van der Waals surface area contributed by atoms with Gasteiger partial charge in [-0.2, -0.15) is 0 Å². The molecular weight excluding hydrogens is 260 g/mol. The molecule has 1 saturated carbocycles. The van der Waals surface area contributed by atoms with Gasteiger partial charge in [0.25, 0.3) is 0 Å².